The third-order valence-electron chi connectivity index (χ3n) is 20.9. The van der Waals surface area contributed by atoms with Gasteiger partial charge in [0.1, 0.15) is 55.3 Å². The Hall–Kier alpha value is -9.22. The van der Waals surface area contributed by atoms with Crippen LogP contribution in [0.3, 0.4) is 0 Å². The summed E-state index contributed by atoms with van der Waals surface area (Å²) in [5.74, 6) is -6.56. The topological polar surface area (TPSA) is 501 Å². The molecule has 41 heteroatoms. The fourth-order valence-electron chi connectivity index (χ4n) is 14.2. The summed E-state index contributed by atoms with van der Waals surface area (Å²) in [5, 5.41) is 64.7. The molecule has 6 aliphatic rings. The molecule has 122 heavy (non-hydrogen) atoms. The van der Waals surface area contributed by atoms with Crippen LogP contribution in [-0.2, 0) is 152 Å². The summed E-state index contributed by atoms with van der Waals surface area (Å²) < 4.78 is 111. The number of cyclic esters (lactones) is 1. The third-order valence-corrected chi connectivity index (χ3v) is 20.9. The maximum absolute atomic E-state index is 15.7. The summed E-state index contributed by atoms with van der Waals surface area (Å²) in [7, 11) is 1.62. The van der Waals surface area contributed by atoms with E-state index in [0.29, 0.717) is 172 Å². The van der Waals surface area contributed by atoms with Crippen molar-refractivity contribution in [3.8, 4) is 17.1 Å². The number of ether oxygens (including phenoxy) is 17. The summed E-state index contributed by atoms with van der Waals surface area (Å²) in [6.07, 6.45) is -8.87. The number of aliphatic hydroxyl groups excluding tert-OH is 3. The number of hydrogen-bond donors (Lipinski definition) is 9. The molecule has 4 aromatic rings. The van der Waals surface area contributed by atoms with E-state index in [2.05, 4.69) is 21.3 Å². The van der Waals surface area contributed by atoms with Crippen LogP contribution in [0.1, 0.15) is 89.6 Å². The van der Waals surface area contributed by atoms with E-state index in [0.717, 1.165) is 17.1 Å². The molecular formula is C81H109FN8O32. The first-order valence-corrected chi connectivity index (χ1v) is 40.5. The van der Waals surface area contributed by atoms with Crippen LogP contribution < -0.4 is 31.6 Å². The lowest BCUT2D eigenvalue weighted by Crippen LogP contribution is -2.69. The summed E-state index contributed by atoms with van der Waals surface area (Å²) in [6, 6.07) is 6.24. The number of aliphatic carboxylic acids is 1. The van der Waals surface area contributed by atoms with E-state index < -0.39 is 120 Å². The van der Waals surface area contributed by atoms with Gasteiger partial charge in [-0.1, -0.05) is 13.0 Å². The largest absolute Gasteiger partial charge is 0.479 e. The molecule has 2 fully saturated rings. The molecule has 10 rings (SSSR count). The van der Waals surface area contributed by atoms with Crippen LogP contribution in [-0.4, -0.2) is 333 Å². The van der Waals surface area contributed by atoms with Crippen LogP contribution >= 0.6 is 0 Å². The lowest BCUT2D eigenvalue weighted by atomic mass is 9.81. The average Bonchev–Trinajstić information content (AvgIpc) is 1.53. The number of halogens is 1. The number of methoxy groups -OCH3 is 1. The Balaban J connectivity index is 0.631. The maximum Gasteiger partial charge on any atom is 0.407 e. The Labute approximate surface area is 701 Å². The number of aromatic nitrogens is 2. The van der Waals surface area contributed by atoms with Gasteiger partial charge in [0.2, 0.25) is 29.9 Å². The number of amides is 7. The number of carbonyl (C=O) groups excluding carboxylic acids is 8. The number of nitrogens with zero attached hydrogens (tertiary/aromatic N) is 4. The number of pyridine rings is 2. The fourth-order valence-corrected chi connectivity index (χ4v) is 14.2. The molecule has 9 N–H and O–H groups in total. The predicted molar refractivity (Wildman–Crippen MR) is 419 cm³/mol. The standard InChI is InChI=1S/C81H109FN8O32/c1-4-81(105)56-40-60-70-54(43-90(60)75(100)55(56)45-118-78(81)103)69-58(7-6-53-50(2)57(82)41-59(86-70)68(53)69)87-79(104)119-44-51-5-8-61(121-77-73(99)71(97)72(98)74(122-77)76(101)102)52(39-51)42-84-62(91)11-14-83-64(93)46-120-80(47-85-63(92)12-15-89-66(95)9-10-67(89)96)48-88(49-80)65(94)13-16-107-19-20-109-23-24-111-27-28-113-31-32-115-35-36-117-38-37-116-34-33-114-30-29-112-26-25-110-22-21-108-18-17-106-3/h5,8-10,39-41,58,71-74,77,97-99,105H,4,6-7,11-38,42-49H2,1-3H3,(H,83,93)(H,84,91)(H,85,92)(H,87,104)(H,101,102)/t58-,71-,72-,73+,74-,77+,81-/m0/s1. The smallest absolute Gasteiger partial charge is 0.407 e. The van der Waals surface area contributed by atoms with Crippen molar-refractivity contribution in [3.63, 3.8) is 0 Å². The van der Waals surface area contributed by atoms with E-state index in [-0.39, 0.29) is 150 Å². The first kappa shape index (κ1) is 95.0. The molecule has 0 bridgehead atoms. The molecule has 1 aliphatic carbocycles. The van der Waals surface area contributed by atoms with Gasteiger partial charge in [0.05, 0.1) is 213 Å². The van der Waals surface area contributed by atoms with E-state index in [9.17, 15) is 73.5 Å². The second kappa shape index (κ2) is 47.6. The molecule has 5 aliphatic heterocycles. The molecule has 7 atom stereocenters. The zero-order valence-corrected chi connectivity index (χ0v) is 68.5. The highest BCUT2D eigenvalue weighted by molar-refractivity contribution is 6.13. The zero-order chi connectivity index (χ0) is 87.1. The Morgan fingerprint density at radius 1 is 0.656 bits per heavy atom. The van der Waals surface area contributed by atoms with Gasteiger partial charge < -0.3 is 137 Å². The number of nitrogens with one attached hydrogen (secondary N) is 4. The zero-order valence-electron chi connectivity index (χ0n) is 68.5. The van der Waals surface area contributed by atoms with Gasteiger partial charge in [-0.05, 0) is 66.6 Å². The van der Waals surface area contributed by atoms with Crippen LogP contribution in [0.2, 0.25) is 0 Å². The van der Waals surface area contributed by atoms with Gasteiger partial charge in [-0.2, -0.15) is 0 Å². The molecule has 2 saturated heterocycles. The van der Waals surface area contributed by atoms with E-state index in [4.69, 9.17) is 85.5 Å². The van der Waals surface area contributed by atoms with Gasteiger partial charge in [0.25, 0.3) is 17.4 Å². The van der Waals surface area contributed by atoms with Crippen molar-refractivity contribution in [1.82, 2.24) is 40.6 Å². The molecule has 0 spiro atoms. The SMILES string of the molecule is CC[C@@]1(O)C(=O)OCc2c1cc1n(c2=O)Cc2c-1nc1cc(F)c(C)c3c1c2[C@@H](NC(=O)OCc1ccc(O[C@@H]2O[C@H](C(=O)O)[C@@H](O)[C@H](O)[C@H]2O)c(CNC(=O)CCNC(=O)COC2(CNC(=O)CCN4C(=O)C=CC4=O)CN(C(=O)CCOCCOCCOCCOCCOCCOCCOCCOCCOCCOCCOCCOC)C2)c1)CC3. The van der Waals surface area contributed by atoms with Crippen LogP contribution in [0.25, 0.3) is 22.3 Å². The normalized spacial score (nSPS) is 19.9. The second-order valence-electron chi connectivity index (χ2n) is 29.2. The molecule has 7 heterocycles. The number of benzene rings is 2. The first-order chi connectivity index (χ1) is 58.9. The van der Waals surface area contributed by atoms with Crippen LogP contribution in [0.4, 0.5) is 9.18 Å². The number of alkyl carbamates (subject to hydrolysis) is 1. The van der Waals surface area contributed by atoms with E-state index in [1.165, 1.54) is 39.8 Å². The summed E-state index contributed by atoms with van der Waals surface area (Å²) in [4.78, 5) is 138. The number of imide groups is 1. The highest BCUT2D eigenvalue weighted by Gasteiger charge is 2.50. The molecule has 0 radical (unpaired) electrons. The monoisotopic (exact) mass is 1720 g/mol. The lowest BCUT2D eigenvalue weighted by molar-refractivity contribution is -0.271. The first-order valence-electron chi connectivity index (χ1n) is 40.5. The number of carbonyl (C=O) groups is 9. The number of hydrogen-bond acceptors (Lipinski definition) is 32. The van der Waals surface area contributed by atoms with Gasteiger partial charge in [0.15, 0.2) is 11.7 Å². The van der Waals surface area contributed by atoms with Crippen molar-refractivity contribution in [2.24, 2.45) is 0 Å². The lowest BCUT2D eigenvalue weighted by Gasteiger charge is -2.49. The van der Waals surface area contributed by atoms with Crippen molar-refractivity contribution in [1.29, 1.82) is 0 Å². The molecule has 7 amide bonds. The van der Waals surface area contributed by atoms with Gasteiger partial charge >= 0.3 is 18.0 Å². The predicted octanol–water partition coefficient (Wildman–Crippen LogP) is -0.918. The van der Waals surface area contributed by atoms with Gasteiger partial charge in [-0.3, -0.25) is 38.5 Å². The second-order valence-corrected chi connectivity index (χ2v) is 29.2. The Kier molecular flexibility index (Phi) is 37.1. The molecule has 0 unspecified atom stereocenters. The van der Waals surface area contributed by atoms with Crippen LogP contribution in [0, 0.1) is 12.7 Å². The maximum atomic E-state index is 15.7. The molecule has 0 saturated carbocycles. The quantitative estimate of drug-likeness (QED) is 0.0129. The molecular weight excluding hydrogens is 1620 g/mol. The number of carboxylic acid groups (broad SMARTS) is 1. The number of aliphatic hydroxyl groups is 4. The highest BCUT2D eigenvalue weighted by Crippen LogP contribution is 2.46. The van der Waals surface area contributed by atoms with Gasteiger partial charge in [0, 0.05) is 79.9 Å². The minimum atomic E-state index is -2.12. The van der Waals surface area contributed by atoms with Crippen molar-refractivity contribution >= 4 is 64.4 Å². The third kappa shape index (κ3) is 26.2. The van der Waals surface area contributed by atoms with Crippen molar-refractivity contribution in [3.05, 3.63) is 103 Å². The van der Waals surface area contributed by atoms with Crippen molar-refractivity contribution in [2.45, 2.75) is 127 Å². The number of carboxylic acids is 1. The van der Waals surface area contributed by atoms with Gasteiger partial charge in [-0.25, -0.2) is 23.8 Å². The number of rotatable bonds is 56. The summed E-state index contributed by atoms with van der Waals surface area (Å²) >= 11 is 0. The van der Waals surface area contributed by atoms with Crippen molar-refractivity contribution < 1.29 is 154 Å². The Morgan fingerprint density at radius 3 is 1.79 bits per heavy atom. The highest BCUT2D eigenvalue weighted by atomic mass is 19.1. The minimum absolute atomic E-state index is 0.0193. The van der Waals surface area contributed by atoms with E-state index in [1.807, 2.05) is 0 Å². The van der Waals surface area contributed by atoms with E-state index in [1.54, 1.807) is 21.0 Å². The van der Waals surface area contributed by atoms with Crippen molar-refractivity contribution in [2.75, 3.05) is 198 Å². The molecule has 2 aromatic heterocycles. The average molecular weight is 1730 g/mol. The summed E-state index contributed by atoms with van der Waals surface area (Å²) in [6.45, 7) is 9.86. The Morgan fingerprint density at radius 2 is 1.22 bits per heavy atom. The van der Waals surface area contributed by atoms with Crippen LogP contribution in [0.5, 0.6) is 5.75 Å². The van der Waals surface area contributed by atoms with Gasteiger partial charge in [-0.15, -0.1) is 0 Å². The van der Waals surface area contributed by atoms with E-state index >= 15 is 4.39 Å². The fraction of sp³-hybridized carbons (Fsp3) is 0.617. The number of aryl methyl sites for hydroxylation is 1. The molecule has 672 valence electrons. The number of esters is 1. The minimum Gasteiger partial charge on any atom is -0.479 e. The number of likely N-dealkylation sites (tertiary alicyclic amines) is 1. The Bertz CT molecular complexity index is 4320. The molecule has 40 nitrogen and oxygen atoms in total. The number of fused-ring (bicyclic) bond motifs is 5. The van der Waals surface area contributed by atoms with Crippen LogP contribution in [0.15, 0.2) is 47.3 Å². The molecule has 2 aromatic carbocycles. The summed E-state index contributed by atoms with van der Waals surface area (Å²) in [5.41, 5.74) is -0.402.